The standard InChI is InChI=1S/C13H19N3O2/c1-8-7-16(5-4-12(8)17)11-6-9(14)2-3-10(11)13(15)18/h2-3,6,8,12,17H,4-5,7,14H2,1H3,(H2,15,18). The third kappa shape index (κ3) is 2.41. The molecular formula is C13H19N3O2. The molecule has 5 N–H and O–H groups in total. The van der Waals surface area contributed by atoms with Crippen LogP contribution in [0.3, 0.4) is 0 Å². The van der Waals surface area contributed by atoms with Crippen LogP contribution in [-0.2, 0) is 0 Å². The Labute approximate surface area is 106 Å². The van der Waals surface area contributed by atoms with Crippen molar-refractivity contribution >= 4 is 17.3 Å². The summed E-state index contributed by atoms with van der Waals surface area (Å²) in [6.07, 6.45) is 0.410. The second kappa shape index (κ2) is 4.86. The number of hydrogen-bond donors (Lipinski definition) is 3. The van der Waals surface area contributed by atoms with Crippen LogP contribution >= 0.6 is 0 Å². The van der Waals surface area contributed by atoms with Gasteiger partial charge in [-0.1, -0.05) is 6.92 Å². The van der Waals surface area contributed by atoms with Gasteiger partial charge in [-0.3, -0.25) is 4.79 Å². The molecule has 1 amide bonds. The third-order valence-electron chi connectivity index (χ3n) is 3.49. The molecule has 0 aromatic heterocycles. The van der Waals surface area contributed by atoms with Crippen LogP contribution in [0.4, 0.5) is 11.4 Å². The van der Waals surface area contributed by atoms with Gasteiger partial charge in [-0.05, 0) is 30.5 Å². The summed E-state index contributed by atoms with van der Waals surface area (Å²) in [6.45, 7) is 3.40. The summed E-state index contributed by atoms with van der Waals surface area (Å²) in [5.41, 5.74) is 13.0. The van der Waals surface area contributed by atoms with Crippen LogP contribution in [0.5, 0.6) is 0 Å². The first-order valence-electron chi connectivity index (χ1n) is 6.11. The summed E-state index contributed by atoms with van der Waals surface area (Å²) in [5, 5.41) is 9.73. The number of carbonyl (C=O) groups excluding carboxylic acids is 1. The van der Waals surface area contributed by atoms with Crippen LogP contribution in [0.15, 0.2) is 18.2 Å². The number of amides is 1. The molecule has 1 aliphatic heterocycles. The van der Waals surface area contributed by atoms with Gasteiger partial charge in [-0.25, -0.2) is 0 Å². The molecule has 1 saturated heterocycles. The van der Waals surface area contributed by atoms with Crippen LogP contribution < -0.4 is 16.4 Å². The average Bonchev–Trinajstić information content (AvgIpc) is 2.32. The SMILES string of the molecule is CC1CN(c2cc(N)ccc2C(N)=O)CCC1O. The Hall–Kier alpha value is -1.75. The largest absolute Gasteiger partial charge is 0.399 e. The minimum Gasteiger partial charge on any atom is -0.399 e. The molecule has 0 bridgehead atoms. The van der Waals surface area contributed by atoms with E-state index in [1.807, 2.05) is 6.92 Å². The highest BCUT2D eigenvalue weighted by Crippen LogP contribution is 2.28. The van der Waals surface area contributed by atoms with Gasteiger partial charge >= 0.3 is 0 Å². The van der Waals surface area contributed by atoms with E-state index in [1.165, 1.54) is 0 Å². The summed E-state index contributed by atoms with van der Waals surface area (Å²) in [5.74, 6) is -0.287. The zero-order chi connectivity index (χ0) is 13.3. The number of anilines is 2. The van der Waals surface area contributed by atoms with E-state index in [1.54, 1.807) is 18.2 Å². The van der Waals surface area contributed by atoms with Crippen LogP contribution in [0.25, 0.3) is 0 Å². The average molecular weight is 249 g/mol. The van der Waals surface area contributed by atoms with Gasteiger partial charge in [0.25, 0.3) is 5.91 Å². The van der Waals surface area contributed by atoms with Crippen LogP contribution in [0.1, 0.15) is 23.7 Å². The minimum absolute atomic E-state index is 0.168. The first-order chi connectivity index (χ1) is 8.49. The maximum atomic E-state index is 11.4. The summed E-state index contributed by atoms with van der Waals surface area (Å²) >= 11 is 0. The van der Waals surface area contributed by atoms with Gasteiger partial charge in [0.15, 0.2) is 0 Å². The van der Waals surface area contributed by atoms with E-state index in [-0.39, 0.29) is 12.0 Å². The Morgan fingerprint density at radius 1 is 1.50 bits per heavy atom. The Morgan fingerprint density at radius 2 is 2.22 bits per heavy atom. The first-order valence-corrected chi connectivity index (χ1v) is 6.11. The fourth-order valence-corrected chi connectivity index (χ4v) is 2.37. The molecule has 0 saturated carbocycles. The van der Waals surface area contributed by atoms with E-state index < -0.39 is 5.91 Å². The normalized spacial score (nSPS) is 24.0. The topological polar surface area (TPSA) is 92.6 Å². The van der Waals surface area contributed by atoms with Crippen molar-refractivity contribution in [2.45, 2.75) is 19.4 Å². The fraction of sp³-hybridized carbons (Fsp3) is 0.462. The Kier molecular flexibility index (Phi) is 3.43. The molecule has 0 radical (unpaired) electrons. The monoisotopic (exact) mass is 249 g/mol. The molecule has 1 aromatic carbocycles. The zero-order valence-electron chi connectivity index (χ0n) is 10.5. The molecule has 5 heteroatoms. The maximum Gasteiger partial charge on any atom is 0.250 e. The van der Waals surface area contributed by atoms with Crippen molar-refractivity contribution in [1.82, 2.24) is 0 Å². The van der Waals surface area contributed by atoms with Gasteiger partial charge in [0.05, 0.1) is 17.4 Å². The highest BCUT2D eigenvalue weighted by Gasteiger charge is 2.26. The molecule has 0 spiro atoms. The lowest BCUT2D eigenvalue weighted by Gasteiger charge is -2.36. The quantitative estimate of drug-likeness (QED) is 0.668. The maximum absolute atomic E-state index is 11.4. The molecule has 5 nitrogen and oxygen atoms in total. The van der Waals surface area contributed by atoms with Gasteiger partial charge in [0, 0.05) is 18.8 Å². The van der Waals surface area contributed by atoms with E-state index in [0.29, 0.717) is 30.8 Å². The van der Waals surface area contributed by atoms with Crippen molar-refractivity contribution in [3.63, 3.8) is 0 Å². The van der Waals surface area contributed by atoms with E-state index in [9.17, 15) is 9.90 Å². The van der Waals surface area contributed by atoms with Crippen molar-refractivity contribution < 1.29 is 9.90 Å². The van der Waals surface area contributed by atoms with Crippen LogP contribution in [0.2, 0.25) is 0 Å². The number of primary amides is 1. The molecule has 2 atom stereocenters. The number of piperidine rings is 1. The Morgan fingerprint density at radius 3 is 2.83 bits per heavy atom. The van der Waals surface area contributed by atoms with E-state index in [0.717, 1.165) is 5.69 Å². The van der Waals surface area contributed by atoms with Crippen molar-refractivity contribution in [2.24, 2.45) is 11.7 Å². The van der Waals surface area contributed by atoms with E-state index in [4.69, 9.17) is 11.5 Å². The first kappa shape index (κ1) is 12.7. The van der Waals surface area contributed by atoms with Gasteiger partial charge in [0.1, 0.15) is 0 Å². The van der Waals surface area contributed by atoms with Crippen LogP contribution in [0, 0.1) is 5.92 Å². The van der Waals surface area contributed by atoms with Crippen LogP contribution in [-0.4, -0.2) is 30.2 Å². The number of hydrogen-bond acceptors (Lipinski definition) is 4. The van der Waals surface area contributed by atoms with E-state index in [2.05, 4.69) is 4.90 Å². The van der Waals surface area contributed by atoms with Gasteiger partial charge in [0.2, 0.25) is 0 Å². The Balaban J connectivity index is 2.32. The molecule has 2 unspecified atom stereocenters. The second-order valence-electron chi connectivity index (χ2n) is 4.92. The highest BCUT2D eigenvalue weighted by atomic mass is 16.3. The molecular weight excluding hydrogens is 230 g/mol. The minimum atomic E-state index is -0.455. The molecule has 0 aliphatic carbocycles. The number of carbonyl (C=O) groups is 1. The molecule has 98 valence electrons. The molecule has 1 aliphatic rings. The van der Waals surface area contributed by atoms with Crippen molar-refractivity contribution in [3.05, 3.63) is 23.8 Å². The summed E-state index contributed by atoms with van der Waals surface area (Å²) in [4.78, 5) is 13.5. The number of nitrogen functional groups attached to an aromatic ring is 1. The van der Waals surface area contributed by atoms with Crippen molar-refractivity contribution in [2.75, 3.05) is 23.7 Å². The number of benzene rings is 1. The summed E-state index contributed by atoms with van der Waals surface area (Å²) < 4.78 is 0. The van der Waals surface area contributed by atoms with Crippen molar-refractivity contribution in [1.29, 1.82) is 0 Å². The lowest BCUT2D eigenvalue weighted by molar-refractivity contribution is 0.0966. The van der Waals surface area contributed by atoms with Gasteiger partial charge in [-0.15, -0.1) is 0 Å². The predicted octanol–water partition coefficient (Wildman–Crippen LogP) is 0.575. The zero-order valence-corrected chi connectivity index (χ0v) is 10.5. The number of aliphatic hydroxyl groups is 1. The van der Waals surface area contributed by atoms with Gasteiger partial charge < -0.3 is 21.5 Å². The predicted molar refractivity (Wildman–Crippen MR) is 71.4 cm³/mol. The molecule has 1 fully saturated rings. The fourth-order valence-electron chi connectivity index (χ4n) is 2.37. The lowest BCUT2D eigenvalue weighted by atomic mass is 9.95. The second-order valence-corrected chi connectivity index (χ2v) is 4.92. The number of rotatable bonds is 2. The summed E-state index contributed by atoms with van der Waals surface area (Å²) in [7, 11) is 0. The van der Waals surface area contributed by atoms with Crippen molar-refractivity contribution in [3.8, 4) is 0 Å². The highest BCUT2D eigenvalue weighted by molar-refractivity contribution is 5.99. The molecule has 18 heavy (non-hydrogen) atoms. The number of aliphatic hydroxyl groups excluding tert-OH is 1. The summed E-state index contributed by atoms with van der Waals surface area (Å²) in [6, 6.07) is 5.10. The van der Waals surface area contributed by atoms with E-state index >= 15 is 0 Å². The Bertz CT molecular complexity index is 462. The van der Waals surface area contributed by atoms with Gasteiger partial charge in [-0.2, -0.15) is 0 Å². The third-order valence-corrected chi connectivity index (χ3v) is 3.49. The number of nitrogens with two attached hydrogens (primary N) is 2. The number of nitrogens with zero attached hydrogens (tertiary/aromatic N) is 1. The molecule has 1 heterocycles. The molecule has 2 rings (SSSR count). The molecule has 1 aromatic rings. The smallest absolute Gasteiger partial charge is 0.250 e. The lowest BCUT2D eigenvalue weighted by Crippen LogP contribution is -2.42.